The molecule has 0 atom stereocenters. The summed E-state index contributed by atoms with van der Waals surface area (Å²) in [6, 6.07) is 0. The van der Waals surface area contributed by atoms with Gasteiger partial charge in [0.15, 0.2) is 6.79 Å². The largest absolute Gasteiger partial charge is 0.476 e. The summed E-state index contributed by atoms with van der Waals surface area (Å²) in [5, 5.41) is 0. The molecule has 0 spiro atoms. The summed E-state index contributed by atoms with van der Waals surface area (Å²) < 4.78 is 9.60. The molecule has 0 aromatic rings. The third kappa shape index (κ3) is 7.50. The Bertz CT molecular complexity index is 69.3. The Morgan fingerprint density at radius 3 is 2.80 bits per heavy atom. The van der Waals surface area contributed by atoms with Gasteiger partial charge in [0.1, 0.15) is 0 Å². The standard InChI is InChI=1S/C8H16O2/c1-3-4-5-6-7-10-8-9-2/h6-7H,3-5,8H2,1-2H3. The van der Waals surface area contributed by atoms with Crippen molar-refractivity contribution in [3.8, 4) is 0 Å². The fourth-order valence-corrected chi connectivity index (χ4v) is 0.565. The highest BCUT2D eigenvalue weighted by Crippen LogP contribution is 1.94. The summed E-state index contributed by atoms with van der Waals surface area (Å²) in [6.07, 6.45) is 7.27. The lowest BCUT2D eigenvalue weighted by atomic mass is 10.2. The van der Waals surface area contributed by atoms with Crippen molar-refractivity contribution in [1.82, 2.24) is 0 Å². The van der Waals surface area contributed by atoms with Gasteiger partial charge in [0.25, 0.3) is 0 Å². The van der Waals surface area contributed by atoms with Gasteiger partial charge in [0.05, 0.1) is 6.26 Å². The van der Waals surface area contributed by atoms with E-state index in [-0.39, 0.29) is 0 Å². The number of hydrogen-bond acceptors (Lipinski definition) is 2. The molecule has 60 valence electrons. The predicted octanol–water partition coefficient (Wildman–Crippen LogP) is 2.31. The smallest absolute Gasteiger partial charge is 0.187 e. The summed E-state index contributed by atoms with van der Waals surface area (Å²) in [5.74, 6) is 0. The Morgan fingerprint density at radius 2 is 2.20 bits per heavy atom. The molecule has 0 saturated heterocycles. The van der Waals surface area contributed by atoms with Crippen LogP contribution < -0.4 is 0 Å². The van der Waals surface area contributed by atoms with Crippen LogP contribution in [0.15, 0.2) is 12.3 Å². The van der Waals surface area contributed by atoms with Gasteiger partial charge >= 0.3 is 0 Å². The molecule has 0 saturated carbocycles. The van der Waals surface area contributed by atoms with Gasteiger partial charge < -0.3 is 9.47 Å². The van der Waals surface area contributed by atoms with E-state index in [4.69, 9.17) is 4.74 Å². The fraction of sp³-hybridized carbons (Fsp3) is 0.750. The van der Waals surface area contributed by atoms with Crippen LogP contribution in [0.3, 0.4) is 0 Å². The monoisotopic (exact) mass is 144 g/mol. The first kappa shape index (κ1) is 9.50. The minimum Gasteiger partial charge on any atom is -0.476 e. The van der Waals surface area contributed by atoms with Crippen LogP contribution in [0.2, 0.25) is 0 Å². The molecule has 2 nitrogen and oxygen atoms in total. The molecule has 10 heavy (non-hydrogen) atoms. The average molecular weight is 144 g/mol. The van der Waals surface area contributed by atoms with Crippen molar-refractivity contribution in [3.05, 3.63) is 12.3 Å². The van der Waals surface area contributed by atoms with E-state index in [9.17, 15) is 0 Å². The molecule has 0 aliphatic heterocycles. The third-order valence-corrected chi connectivity index (χ3v) is 1.10. The van der Waals surface area contributed by atoms with Gasteiger partial charge in [-0.2, -0.15) is 0 Å². The van der Waals surface area contributed by atoms with E-state index in [1.165, 1.54) is 12.8 Å². The van der Waals surface area contributed by atoms with Crippen LogP contribution >= 0.6 is 0 Å². The van der Waals surface area contributed by atoms with E-state index in [1.807, 2.05) is 6.08 Å². The molecule has 0 aromatic heterocycles. The van der Waals surface area contributed by atoms with Crippen LogP contribution in [-0.2, 0) is 9.47 Å². The van der Waals surface area contributed by atoms with Crippen molar-refractivity contribution in [3.63, 3.8) is 0 Å². The molecule has 0 fully saturated rings. The number of ether oxygens (including phenoxy) is 2. The second-order valence-electron chi connectivity index (χ2n) is 2.09. The lowest BCUT2D eigenvalue weighted by Gasteiger charge is -1.95. The summed E-state index contributed by atoms with van der Waals surface area (Å²) in [4.78, 5) is 0. The number of allylic oxidation sites excluding steroid dienone is 1. The topological polar surface area (TPSA) is 18.5 Å². The molecule has 0 aromatic carbocycles. The fourth-order valence-electron chi connectivity index (χ4n) is 0.565. The maximum Gasteiger partial charge on any atom is 0.187 e. The van der Waals surface area contributed by atoms with Crippen molar-refractivity contribution >= 4 is 0 Å². The van der Waals surface area contributed by atoms with Gasteiger partial charge in [-0.05, 0) is 18.9 Å². The van der Waals surface area contributed by atoms with Crippen molar-refractivity contribution in [1.29, 1.82) is 0 Å². The maximum absolute atomic E-state index is 4.93. The SMILES string of the molecule is CCCCC=COCOC. The van der Waals surface area contributed by atoms with Gasteiger partial charge in [0, 0.05) is 7.11 Å². The van der Waals surface area contributed by atoms with E-state index in [1.54, 1.807) is 13.4 Å². The van der Waals surface area contributed by atoms with Crippen molar-refractivity contribution in [2.45, 2.75) is 26.2 Å². The average Bonchev–Trinajstić information content (AvgIpc) is 1.97. The second-order valence-corrected chi connectivity index (χ2v) is 2.09. The second kappa shape index (κ2) is 8.50. The van der Waals surface area contributed by atoms with Crippen molar-refractivity contribution in [2.24, 2.45) is 0 Å². The molecule has 0 aliphatic carbocycles. The van der Waals surface area contributed by atoms with E-state index in [2.05, 4.69) is 11.7 Å². The van der Waals surface area contributed by atoms with Crippen LogP contribution in [0.5, 0.6) is 0 Å². The van der Waals surface area contributed by atoms with Gasteiger partial charge in [-0.3, -0.25) is 0 Å². The van der Waals surface area contributed by atoms with Crippen LogP contribution in [0.4, 0.5) is 0 Å². The molecule has 0 radical (unpaired) electrons. The third-order valence-electron chi connectivity index (χ3n) is 1.10. The Morgan fingerprint density at radius 1 is 1.40 bits per heavy atom. The summed E-state index contributed by atoms with van der Waals surface area (Å²) in [6.45, 7) is 2.52. The predicted molar refractivity (Wildman–Crippen MR) is 41.6 cm³/mol. The van der Waals surface area contributed by atoms with Crippen molar-refractivity contribution in [2.75, 3.05) is 13.9 Å². The van der Waals surface area contributed by atoms with Gasteiger partial charge in [-0.15, -0.1) is 0 Å². The van der Waals surface area contributed by atoms with Crippen molar-refractivity contribution < 1.29 is 9.47 Å². The summed E-state index contributed by atoms with van der Waals surface area (Å²) in [7, 11) is 1.61. The minimum absolute atomic E-state index is 0.350. The highest BCUT2D eigenvalue weighted by Gasteiger charge is 1.77. The number of hydrogen-bond donors (Lipinski definition) is 0. The van der Waals surface area contributed by atoms with E-state index < -0.39 is 0 Å². The molecular weight excluding hydrogens is 128 g/mol. The summed E-state index contributed by atoms with van der Waals surface area (Å²) in [5.41, 5.74) is 0. The first-order valence-corrected chi connectivity index (χ1v) is 3.67. The molecule has 0 amide bonds. The molecule has 0 N–H and O–H groups in total. The molecular formula is C8H16O2. The molecule has 0 heterocycles. The molecule has 0 unspecified atom stereocenters. The molecule has 2 heteroatoms. The molecule has 0 aliphatic rings. The Hall–Kier alpha value is -0.500. The first-order valence-electron chi connectivity index (χ1n) is 3.67. The van der Waals surface area contributed by atoms with E-state index in [0.717, 1.165) is 6.42 Å². The highest BCUT2D eigenvalue weighted by atomic mass is 16.7. The number of rotatable bonds is 6. The van der Waals surface area contributed by atoms with Gasteiger partial charge in [-0.25, -0.2) is 0 Å². The molecule has 0 bridgehead atoms. The van der Waals surface area contributed by atoms with Gasteiger partial charge in [-0.1, -0.05) is 13.3 Å². The first-order chi connectivity index (χ1) is 4.91. The normalized spacial score (nSPS) is 10.6. The lowest BCUT2D eigenvalue weighted by molar-refractivity contribution is 0.0196. The Labute approximate surface area is 62.8 Å². The Kier molecular flexibility index (Phi) is 8.07. The maximum atomic E-state index is 4.93. The van der Waals surface area contributed by atoms with Crippen LogP contribution in [0.25, 0.3) is 0 Å². The van der Waals surface area contributed by atoms with Crippen LogP contribution in [0.1, 0.15) is 26.2 Å². The zero-order valence-electron chi connectivity index (χ0n) is 6.80. The lowest BCUT2D eigenvalue weighted by Crippen LogP contribution is -1.87. The quantitative estimate of drug-likeness (QED) is 0.323. The minimum atomic E-state index is 0.350. The Balaban J connectivity index is 2.89. The highest BCUT2D eigenvalue weighted by molar-refractivity contribution is 4.72. The number of unbranched alkanes of at least 4 members (excludes halogenated alkanes) is 2. The zero-order chi connectivity index (χ0) is 7.66. The summed E-state index contributed by atoms with van der Waals surface area (Å²) >= 11 is 0. The van der Waals surface area contributed by atoms with Gasteiger partial charge in [0.2, 0.25) is 0 Å². The van der Waals surface area contributed by atoms with E-state index >= 15 is 0 Å². The number of methoxy groups -OCH3 is 1. The molecule has 0 rings (SSSR count). The zero-order valence-corrected chi connectivity index (χ0v) is 6.80. The van der Waals surface area contributed by atoms with Crippen LogP contribution in [0, 0.1) is 0 Å². The van der Waals surface area contributed by atoms with E-state index in [0.29, 0.717) is 6.79 Å². The van der Waals surface area contributed by atoms with Crippen LogP contribution in [-0.4, -0.2) is 13.9 Å².